The fourth-order valence-electron chi connectivity index (χ4n) is 3.13. The molecule has 0 aromatic heterocycles. The zero-order chi connectivity index (χ0) is 15.6. The van der Waals surface area contributed by atoms with Crippen molar-refractivity contribution in [1.29, 1.82) is 0 Å². The van der Waals surface area contributed by atoms with Crippen LogP contribution in [-0.2, 0) is 19.6 Å². The highest BCUT2D eigenvalue weighted by molar-refractivity contribution is 7.88. The molecule has 120 valence electrons. The van der Waals surface area contributed by atoms with Crippen LogP contribution in [0, 0.1) is 5.92 Å². The molecule has 0 aliphatic carbocycles. The van der Waals surface area contributed by atoms with Crippen LogP contribution in [0.25, 0.3) is 0 Å². The van der Waals surface area contributed by atoms with E-state index in [1.165, 1.54) is 9.21 Å². The molecule has 2 aliphatic heterocycles. The Bertz CT molecular complexity index is 519. The molecule has 0 saturated carbocycles. The van der Waals surface area contributed by atoms with Gasteiger partial charge in [-0.15, -0.1) is 0 Å². The van der Waals surface area contributed by atoms with Gasteiger partial charge in [0.15, 0.2) is 0 Å². The van der Waals surface area contributed by atoms with Crippen molar-refractivity contribution in [3.8, 4) is 0 Å². The summed E-state index contributed by atoms with van der Waals surface area (Å²) in [4.78, 5) is 25.3. The summed E-state index contributed by atoms with van der Waals surface area (Å²) >= 11 is 0. The van der Waals surface area contributed by atoms with Crippen molar-refractivity contribution >= 4 is 21.9 Å². The van der Waals surface area contributed by atoms with Gasteiger partial charge in [0.25, 0.3) is 0 Å². The topological polar surface area (TPSA) is 95.0 Å². The second kappa shape index (κ2) is 6.31. The predicted octanol–water partition coefficient (Wildman–Crippen LogP) is 0.124. The summed E-state index contributed by atoms with van der Waals surface area (Å²) in [6, 6.07) is -0.764. The summed E-state index contributed by atoms with van der Waals surface area (Å²) in [5.74, 6) is -1.61. The Kier molecular flexibility index (Phi) is 4.88. The molecule has 2 saturated heterocycles. The lowest BCUT2D eigenvalue weighted by molar-refractivity contribution is -0.154. The highest BCUT2D eigenvalue weighted by Crippen LogP contribution is 2.25. The number of rotatable bonds is 3. The first kappa shape index (κ1) is 16.2. The summed E-state index contributed by atoms with van der Waals surface area (Å²) in [5, 5.41) is 9.24. The number of amides is 1. The van der Waals surface area contributed by atoms with Crippen molar-refractivity contribution in [2.24, 2.45) is 5.92 Å². The number of aliphatic carboxylic acids is 1. The molecule has 21 heavy (non-hydrogen) atoms. The minimum absolute atomic E-state index is 0.167. The van der Waals surface area contributed by atoms with Crippen LogP contribution in [0.2, 0.25) is 0 Å². The van der Waals surface area contributed by atoms with Gasteiger partial charge in [-0.05, 0) is 32.1 Å². The van der Waals surface area contributed by atoms with Crippen molar-refractivity contribution in [3.05, 3.63) is 0 Å². The van der Waals surface area contributed by atoms with E-state index in [1.807, 2.05) is 0 Å². The van der Waals surface area contributed by atoms with Gasteiger partial charge >= 0.3 is 5.97 Å². The van der Waals surface area contributed by atoms with Crippen LogP contribution in [0.1, 0.15) is 32.1 Å². The molecular formula is C13H22N2O5S. The third kappa shape index (κ3) is 3.74. The zero-order valence-corrected chi connectivity index (χ0v) is 13.0. The molecule has 2 aliphatic rings. The molecule has 0 unspecified atom stereocenters. The molecule has 0 radical (unpaired) electrons. The number of carboxylic acid groups (broad SMARTS) is 1. The fraction of sp³-hybridized carbons (Fsp3) is 0.846. The van der Waals surface area contributed by atoms with Crippen LogP contribution in [-0.4, -0.2) is 66.5 Å². The van der Waals surface area contributed by atoms with E-state index in [0.717, 1.165) is 19.1 Å². The van der Waals surface area contributed by atoms with E-state index >= 15 is 0 Å². The van der Waals surface area contributed by atoms with Crippen LogP contribution >= 0.6 is 0 Å². The molecule has 2 fully saturated rings. The number of carbonyl (C=O) groups is 2. The predicted molar refractivity (Wildman–Crippen MR) is 76.1 cm³/mol. The number of carboxylic acids is 1. The molecule has 2 atom stereocenters. The Morgan fingerprint density at radius 2 is 1.81 bits per heavy atom. The van der Waals surface area contributed by atoms with Gasteiger partial charge in [-0.25, -0.2) is 17.5 Å². The number of sulfonamides is 1. The highest BCUT2D eigenvalue weighted by atomic mass is 32.2. The summed E-state index contributed by atoms with van der Waals surface area (Å²) < 4.78 is 24.5. The van der Waals surface area contributed by atoms with E-state index in [-0.39, 0.29) is 12.5 Å². The molecule has 2 heterocycles. The smallest absolute Gasteiger partial charge is 0.326 e. The summed E-state index contributed by atoms with van der Waals surface area (Å²) in [6.45, 7) is 1.05. The van der Waals surface area contributed by atoms with Crippen LogP contribution in [0.5, 0.6) is 0 Å². The second-order valence-corrected chi connectivity index (χ2v) is 7.82. The SMILES string of the molecule is CS(=O)(=O)N1CCC[C@H](C(=O)N2CCCC[C@H]2C(=O)O)C1. The van der Waals surface area contributed by atoms with Crippen LogP contribution in [0.3, 0.4) is 0 Å². The van der Waals surface area contributed by atoms with Crippen molar-refractivity contribution in [1.82, 2.24) is 9.21 Å². The maximum absolute atomic E-state index is 12.6. The Balaban J connectivity index is 2.09. The van der Waals surface area contributed by atoms with Gasteiger partial charge in [0.05, 0.1) is 12.2 Å². The van der Waals surface area contributed by atoms with E-state index in [2.05, 4.69) is 0 Å². The van der Waals surface area contributed by atoms with E-state index in [9.17, 15) is 23.1 Å². The summed E-state index contributed by atoms with van der Waals surface area (Å²) in [7, 11) is -3.31. The van der Waals surface area contributed by atoms with Gasteiger partial charge in [0.1, 0.15) is 6.04 Å². The van der Waals surface area contributed by atoms with Gasteiger partial charge in [-0.2, -0.15) is 0 Å². The van der Waals surface area contributed by atoms with E-state index < -0.39 is 28.0 Å². The molecule has 1 N–H and O–H groups in total. The first-order valence-corrected chi connectivity index (χ1v) is 9.14. The van der Waals surface area contributed by atoms with E-state index in [4.69, 9.17) is 0 Å². The average Bonchev–Trinajstić information content (AvgIpc) is 2.45. The van der Waals surface area contributed by atoms with Crippen molar-refractivity contribution < 1.29 is 23.1 Å². The number of nitrogens with zero attached hydrogens (tertiary/aromatic N) is 2. The van der Waals surface area contributed by atoms with Crippen molar-refractivity contribution in [2.45, 2.75) is 38.1 Å². The third-order valence-electron chi connectivity index (χ3n) is 4.27. The zero-order valence-electron chi connectivity index (χ0n) is 12.2. The molecule has 0 aromatic carbocycles. The van der Waals surface area contributed by atoms with Crippen molar-refractivity contribution in [2.75, 3.05) is 25.9 Å². The standard InChI is InChI=1S/C13H22N2O5S/c1-21(19,20)14-7-4-5-10(9-14)12(16)15-8-3-2-6-11(15)13(17)18/h10-11H,2-9H2,1H3,(H,17,18)/t10-,11-/m0/s1. The lowest BCUT2D eigenvalue weighted by atomic mass is 9.94. The highest BCUT2D eigenvalue weighted by Gasteiger charge is 2.38. The molecular weight excluding hydrogens is 296 g/mol. The lowest BCUT2D eigenvalue weighted by Crippen LogP contribution is -2.53. The minimum Gasteiger partial charge on any atom is -0.480 e. The number of hydrogen-bond acceptors (Lipinski definition) is 4. The van der Waals surface area contributed by atoms with E-state index in [1.54, 1.807) is 0 Å². The maximum Gasteiger partial charge on any atom is 0.326 e. The Morgan fingerprint density at radius 3 is 2.43 bits per heavy atom. The first-order chi connectivity index (χ1) is 9.80. The molecule has 0 spiro atoms. The lowest BCUT2D eigenvalue weighted by Gasteiger charge is -2.38. The summed E-state index contributed by atoms with van der Waals surface area (Å²) in [6.07, 6.45) is 4.48. The number of likely N-dealkylation sites (tertiary alicyclic amines) is 1. The molecule has 0 bridgehead atoms. The number of hydrogen-bond donors (Lipinski definition) is 1. The maximum atomic E-state index is 12.6. The Morgan fingerprint density at radius 1 is 1.10 bits per heavy atom. The average molecular weight is 318 g/mol. The Hall–Kier alpha value is -1.15. The van der Waals surface area contributed by atoms with Gasteiger partial charge in [-0.3, -0.25) is 4.79 Å². The second-order valence-electron chi connectivity index (χ2n) is 5.84. The monoisotopic (exact) mass is 318 g/mol. The van der Waals surface area contributed by atoms with Crippen molar-refractivity contribution in [3.63, 3.8) is 0 Å². The molecule has 7 nitrogen and oxygen atoms in total. The quantitative estimate of drug-likeness (QED) is 0.798. The Labute approximate surface area is 125 Å². The minimum atomic E-state index is -3.31. The van der Waals surface area contributed by atoms with Gasteiger partial charge in [0, 0.05) is 19.6 Å². The third-order valence-corrected chi connectivity index (χ3v) is 5.54. The van der Waals surface area contributed by atoms with E-state index in [0.29, 0.717) is 32.4 Å². The van der Waals surface area contributed by atoms with Gasteiger partial charge in [0.2, 0.25) is 15.9 Å². The van der Waals surface area contributed by atoms with Gasteiger partial charge in [-0.1, -0.05) is 0 Å². The van der Waals surface area contributed by atoms with Gasteiger partial charge < -0.3 is 10.0 Å². The normalized spacial score (nSPS) is 28.3. The summed E-state index contributed by atoms with van der Waals surface area (Å²) in [5.41, 5.74) is 0. The molecule has 2 rings (SSSR count). The largest absolute Gasteiger partial charge is 0.480 e. The first-order valence-electron chi connectivity index (χ1n) is 7.29. The number of piperidine rings is 2. The number of carbonyl (C=O) groups excluding carboxylic acids is 1. The van der Waals surface area contributed by atoms with Crippen LogP contribution in [0.15, 0.2) is 0 Å². The van der Waals surface area contributed by atoms with Crippen LogP contribution in [0.4, 0.5) is 0 Å². The molecule has 1 amide bonds. The fourth-order valence-corrected chi connectivity index (χ4v) is 4.04. The van der Waals surface area contributed by atoms with Crippen LogP contribution < -0.4 is 0 Å². The molecule has 0 aromatic rings. The molecule has 8 heteroatoms.